The Morgan fingerprint density at radius 3 is 1.91 bits per heavy atom. The van der Waals surface area contributed by atoms with Gasteiger partial charge in [-0.1, -0.05) is 73.5 Å². The summed E-state index contributed by atoms with van der Waals surface area (Å²) in [6, 6.07) is 20.2. The molecule has 2 aromatic rings. The van der Waals surface area contributed by atoms with E-state index in [1.165, 1.54) is 18.3 Å². The number of benzene rings is 2. The van der Waals surface area contributed by atoms with Gasteiger partial charge < -0.3 is 9.46 Å². The predicted molar refractivity (Wildman–Crippen MR) is 136 cm³/mol. The summed E-state index contributed by atoms with van der Waals surface area (Å²) in [5, 5.41) is 1.79. The van der Waals surface area contributed by atoms with Crippen LogP contribution in [0.1, 0.15) is 25.7 Å². The van der Waals surface area contributed by atoms with Gasteiger partial charge in [0.15, 0.2) is 7.14 Å². The fraction of sp³-hybridized carbons (Fsp3) is 0.241. The SMILES string of the molecule is CN(C)[C@H](CCCC[C]1[CH][CH][CH][CH]1)[C]1[CH][CH][CH][C]1P(=O)(c1ccccc1)c1ccccc1. The summed E-state index contributed by atoms with van der Waals surface area (Å²) < 4.78 is 14.9. The van der Waals surface area contributed by atoms with Crippen LogP contribution in [0, 0.1) is 62.4 Å². The monoisotopic (exact) mass is 441 g/mol. The molecule has 3 heteroatoms. The maximum Gasteiger partial charge on any atom is 0.151 e. The molecule has 0 bridgehead atoms. The first-order chi connectivity index (χ1) is 15.6. The molecule has 2 saturated carbocycles. The zero-order chi connectivity index (χ0) is 22.4. The lowest BCUT2D eigenvalue weighted by Crippen LogP contribution is -2.37. The molecule has 0 spiro atoms. The fourth-order valence-electron chi connectivity index (χ4n) is 4.64. The third-order valence-corrected chi connectivity index (χ3v) is 9.45. The molecule has 2 nitrogen and oxygen atoms in total. The highest BCUT2D eigenvalue weighted by Crippen LogP contribution is 2.63. The molecule has 10 radical (unpaired) electrons. The Morgan fingerprint density at radius 2 is 1.34 bits per heavy atom. The first kappa shape index (κ1) is 23.8. The molecule has 2 aliphatic rings. The van der Waals surface area contributed by atoms with Crippen LogP contribution in [0.25, 0.3) is 0 Å². The van der Waals surface area contributed by atoms with E-state index in [2.05, 4.69) is 63.9 Å². The Morgan fingerprint density at radius 1 is 0.750 bits per heavy atom. The number of unbranched alkanes of at least 4 members (excludes halogenated alkanes) is 1. The lowest BCUT2D eigenvalue weighted by molar-refractivity contribution is 0.290. The minimum atomic E-state index is -2.97. The minimum Gasteiger partial charge on any atom is -0.313 e. The van der Waals surface area contributed by atoms with Gasteiger partial charge in [-0.3, -0.25) is 0 Å². The zero-order valence-electron chi connectivity index (χ0n) is 19.0. The van der Waals surface area contributed by atoms with Gasteiger partial charge in [0.2, 0.25) is 0 Å². The molecule has 0 heterocycles. The minimum absolute atomic E-state index is 0.236. The first-order valence-corrected chi connectivity index (χ1v) is 13.2. The third kappa shape index (κ3) is 5.23. The molecule has 1 atom stereocenters. The summed E-state index contributed by atoms with van der Waals surface area (Å²) in [6.45, 7) is 0. The molecule has 164 valence electrons. The quantitative estimate of drug-likeness (QED) is 0.352. The number of hydrogen-bond acceptors (Lipinski definition) is 2. The molecule has 2 fully saturated rings. The summed E-state index contributed by atoms with van der Waals surface area (Å²) in [6.07, 6.45) is 19.4. The van der Waals surface area contributed by atoms with Gasteiger partial charge in [-0.05, 0) is 77.8 Å². The maximum absolute atomic E-state index is 14.9. The van der Waals surface area contributed by atoms with E-state index in [9.17, 15) is 4.57 Å². The van der Waals surface area contributed by atoms with Crippen LogP contribution in [0.15, 0.2) is 60.7 Å². The lowest BCUT2D eigenvalue weighted by Gasteiger charge is -2.36. The molecule has 0 N–H and O–H groups in total. The van der Waals surface area contributed by atoms with Crippen molar-refractivity contribution in [1.29, 1.82) is 0 Å². The standard InChI is InChI=1S/C29H32NOP/c1-30(2)28(22-12-11-16-24-14-9-10-15-24)27-21-13-23-29(27)32(31,25-17-5-3-6-18-25)26-19-7-4-8-20-26/h3-10,13-15,17-21,23,28H,11-12,16,22H2,1-2H3/t28-/m1/s1. The van der Waals surface area contributed by atoms with Crippen molar-refractivity contribution in [2.45, 2.75) is 31.7 Å². The largest absolute Gasteiger partial charge is 0.313 e. The van der Waals surface area contributed by atoms with E-state index in [0.717, 1.165) is 35.5 Å². The van der Waals surface area contributed by atoms with Gasteiger partial charge in [-0.2, -0.15) is 0 Å². The highest BCUT2D eigenvalue weighted by atomic mass is 31.2. The average Bonchev–Trinajstić information content (AvgIpc) is 3.52. The van der Waals surface area contributed by atoms with Crippen LogP contribution in [0.5, 0.6) is 0 Å². The van der Waals surface area contributed by atoms with Gasteiger partial charge in [-0.25, -0.2) is 0 Å². The molecule has 4 rings (SSSR count). The van der Waals surface area contributed by atoms with Crippen molar-refractivity contribution in [3.8, 4) is 0 Å². The zero-order valence-corrected chi connectivity index (χ0v) is 19.9. The van der Waals surface area contributed by atoms with Gasteiger partial charge >= 0.3 is 0 Å². The smallest absolute Gasteiger partial charge is 0.151 e. The van der Waals surface area contributed by atoms with Gasteiger partial charge in [0.25, 0.3) is 0 Å². The summed E-state index contributed by atoms with van der Waals surface area (Å²) >= 11 is 0. The molecule has 0 saturated heterocycles. The van der Waals surface area contributed by atoms with Crippen molar-refractivity contribution in [2.75, 3.05) is 14.1 Å². The van der Waals surface area contributed by atoms with Crippen molar-refractivity contribution in [3.05, 3.63) is 123 Å². The lowest BCUT2D eigenvalue weighted by atomic mass is 9.91. The number of hydrogen-bond donors (Lipinski definition) is 0. The van der Waals surface area contributed by atoms with Gasteiger partial charge in [0.05, 0.1) is 5.66 Å². The average molecular weight is 442 g/mol. The number of rotatable bonds is 10. The van der Waals surface area contributed by atoms with E-state index in [-0.39, 0.29) is 6.04 Å². The molecule has 0 aliphatic heterocycles. The normalized spacial score (nSPS) is 19.7. The Kier molecular flexibility index (Phi) is 8.30. The molecule has 0 aromatic heterocycles. The van der Waals surface area contributed by atoms with Crippen molar-refractivity contribution in [1.82, 2.24) is 4.90 Å². The second-order valence-electron chi connectivity index (χ2n) is 8.67. The van der Waals surface area contributed by atoms with Crippen molar-refractivity contribution < 1.29 is 4.57 Å². The van der Waals surface area contributed by atoms with E-state index < -0.39 is 7.14 Å². The summed E-state index contributed by atoms with van der Waals surface area (Å²) in [5.41, 5.74) is 0.977. The van der Waals surface area contributed by atoms with E-state index in [4.69, 9.17) is 0 Å². The van der Waals surface area contributed by atoms with E-state index in [1.807, 2.05) is 60.7 Å². The Hall–Kier alpha value is -1.37. The van der Waals surface area contributed by atoms with Gasteiger partial charge in [-0.15, -0.1) is 0 Å². The van der Waals surface area contributed by atoms with Crippen LogP contribution < -0.4 is 10.6 Å². The fourth-order valence-corrected chi connectivity index (χ4v) is 7.56. The molecular formula is C29H32NOP. The topological polar surface area (TPSA) is 20.3 Å². The molecule has 2 aliphatic carbocycles. The summed E-state index contributed by atoms with van der Waals surface area (Å²) in [7, 11) is 1.30. The molecule has 0 amide bonds. The van der Waals surface area contributed by atoms with Crippen molar-refractivity contribution >= 4 is 17.8 Å². The highest BCUT2D eigenvalue weighted by molar-refractivity contribution is 7.81. The second kappa shape index (κ2) is 11.2. The third-order valence-electron chi connectivity index (χ3n) is 6.31. The van der Waals surface area contributed by atoms with Gasteiger partial charge in [0, 0.05) is 22.6 Å². The Balaban J connectivity index is 1.55. The molecule has 2 aromatic carbocycles. The molecule has 32 heavy (non-hydrogen) atoms. The number of nitrogens with zero attached hydrogens (tertiary/aromatic N) is 1. The summed E-state index contributed by atoms with van der Waals surface area (Å²) in [4.78, 5) is 2.28. The van der Waals surface area contributed by atoms with Crippen LogP contribution >= 0.6 is 7.14 Å². The maximum atomic E-state index is 14.9. The summed E-state index contributed by atoms with van der Waals surface area (Å²) in [5.74, 6) is 2.61. The second-order valence-corrected chi connectivity index (χ2v) is 11.4. The van der Waals surface area contributed by atoms with Crippen molar-refractivity contribution in [2.24, 2.45) is 0 Å². The Bertz CT molecular complexity index is 816. The van der Waals surface area contributed by atoms with Crippen LogP contribution in [0.2, 0.25) is 0 Å². The van der Waals surface area contributed by atoms with Crippen LogP contribution in [-0.4, -0.2) is 25.0 Å². The van der Waals surface area contributed by atoms with Crippen molar-refractivity contribution in [3.63, 3.8) is 0 Å². The van der Waals surface area contributed by atoms with E-state index in [0.29, 0.717) is 0 Å². The Labute approximate surface area is 196 Å². The van der Waals surface area contributed by atoms with Crippen LogP contribution in [0.4, 0.5) is 0 Å². The predicted octanol–water partition coefficient (Wildman–Crippen LogP) is 5.63. The van der Waals surface area contributed by atoms with Crippen LogP contribution in [0.3, 0.4) is 0 Å². The van der Waals surface area contributed by atoms with E-state index >= 15 is 0 Å². The molecule has 0 unspecified atom stereocenters. The van der Waals surface area contributed by atoms with E-state index in [1.54, 1.807) is 0 Å². The first-order valence-electron chi connectivity index (χ1n) is 11.4. The highest BCUT2D eigenvalue weighted by Gasteiger charge is 2.48. The van der Waals surface area contributed by atoms with Gasteiger partial charge in [0.1, 0.15) is 0 Å². The van der Waals surface area contributed by atoms with Crippen LogP contribution in [-0.2, 0) is 4.57 Å². The molecular weight excluding hydrogens is 409 g/mol.